The molecule has 0 saturated carbocycles. The van der Waals surface area contributed by atoms with Crippen molar-refractivity contribution in [2.75, 3.05) is 19.7 Å². The van der Waals surface area contributed by atoms with E-state index < -0.39 is 18.2 Å². The lowest BCUT2D eigenvalue weighted by Gasteiger charge is -2.29. The van der Waals surface area contributed by atoms with Crippen LogP contribution < -0.4 is 10.1 Å². The molecule has 1 aliphatic heterocycles. The molecule has 1 aromatic heterocycles. The van der Waals surface area contributed by atoms with Crippen molar-refractivity contribution >= 4 is 35.1 Å². The SMILES string of the molecule is CC(C)(C)OC(=O)N1CCc2sc(C(=O)NCC(=O)c3ccc(OCC(=O)O)cc3)cc2C1. The third kappa shape index (κ3) is 6.79. The number of nitrogens with zero attached hydrogens (tertiary/aromatic N) is 1. The van der Waals surface area contributed by atoms with E-state index in [0.717, 1.165) is 10.4 Å². The van der Waals surface area contributed by atoms with E-state index in [1.165, 1.54) is 35.6 Å². The third-order valence-electron chi connectivity index (χ3n) is 4.69. The van der Waals surface area contributed by atoms with Gasteiger partial charge in [-0.2, -0.15) is 0 Å². The van der Waals surface area contributed by atoms with Crippen LogP contribution in [0.5, 0.6) is 5.75 Å². The minimum absolute atomic E-state index is 0.180. The standard InChI is InChI=1S/C23H26N2O7S/c1-23(2,3)32-22(30)25-9-8-18-15(12-25)10-19(33-18)21(29)24-11-17(26)14-4-6-16(7-5-14)31-13-20(27)28/h4-7,10H,8-9,11-13H2,1-3H3,(H,24,29)(H,27,28). The molecule has 33 heavy (non-hydrogen) atoms. The average molecular weight is 475 g/mol. The average Bonchev–Trinajstić information content (AvgIpc) is 3.18. The van der Waals surface area contributed by atoms with Gasteiger partial charge in [0.05, 0.1) is 18.0 Å². The van der Waals surface area contributed by atoms with Gasteiger partial charge in [0, 0.05) is 17.0 Å². The summed E-state index contributed by atoms with van der Waals surface area (Å²) in [6.07, 6.45) is 0.261. The number of carboxylic acids is 1. The zero-order chi connectivity index (χ0) is 24.2. The van der Waals surface area contributed by atoms with Crippen LogP contribution in [-0.4, -0.2) is 59.1 Å². The van der Waals surface area contributed by atoms with Crippen molar-refractivity contribution in [1.82, 2.24) is 10.2 Å². The highest BCUT2D eigenvalue weighted by Crippen LogP contribution is 2.29. The first-order chi connectivity index (χ1) is 15.5. The van der Waals surface area contributed by atoms with E-state index in [-0.39, 0.29) is 24.3 Å². The fourth-order valence-corrected chi connectivity index (χ4v) is 4.24. The van der Waals surface area contributed by atoms with Crippen molar-refractivity contribution in [2.45, 2.75) is 39.3 Å². The number of ketones is 1. The Kier molecular flexibility index (Phi) is 7.37. The number of carboxylic acid groups (broad SMARTS) is 1. The van der Waals surface area contributed by atoms with E-state index in [1.54, 1.807) is 11.0 Å². The maximum atomic E-state index is 12.6. The predicted octanol–water partition coefficient (Wildman–Crippen LogP) is 3.12. The van der Waals surface area contributed by atoms with Crippen LogP contribution in [-0.2, 0) is 22.5 Å². The lowest BCUT2D eigenvalue weighted by Crippen LogP contribution is -2.39. The fourth-order valence-electron chi connectivity index (χ4n) is 3.16. The summed E-state index contributed by atoms with van der Waals surface area (Å²) in [6.45, 7) is 5.70. The second-order valence-corrected chi connectivity index (χ2v) is 9.66. The number of hydrogen-bond donors (Lipinski definition) is 2. The zero-order valence-corrected chi connectivity index (χ0v) is 19.5. The molecule has 9 nitrogen and oxygen atoms in total. The van der Waals surface area contributed by atoms with E-state index in [1.807, 2.05) is 20.8 Å². The molecule has 1 aromatic carbocycles. The van der Waals surface area contributed by atoms with Crippen molar-refractivity contribution in [1.29, 1.82) is 0 Å². The molecule has 2 heterocycles. The minimum Gasteiger partial charge on any atom is -0.482 e. The van der Waals surface area contributed by atoms with Crippen LogP contribution in [0.15, 0.2) is 30.3 Å². The topological polar surface area (TPSA) is 122 Å². The minimum atomic E-state index is -1.09. The van der Waals surface area contributed by atoms with Gasteiger partial charge < -0.3 is 24.8 Å². The van der Waals surface area contributed by atoms with Crippen molar-refractivity contribution in [3.8, 4) is 5.75 Å². The summed E-state index contributed by atoms with van der Waals surface area (Å²) in [6, 6.07) is 7.79. The molecule has 0 radical (unpaired) electrons. The highest BCUT2D eigenvalue weighted by atomic mass is 32.1. The monoisotopic (exact) mass is 474 g/mol. The van der Waals surface area contributed by atoms with Crippen LogP contribution in [0.1, 0.15) is 51.2 Å². The maximum Gasteiger partial charge on any atom is 0.410 e. The van der Waals surface area contributed by atoms with Gasteiger partial charge in [-0.05, 0) is 63.1 Å². The van der Waals surface area contributed by atoms with E-state index in [0.29, 0.717) is 35.7 Å². The third-order valence-corrected chi connectivity index (χ3v) is 5.93. The Morgan fingerprint density at radius 3 is 2.48 bits per heavy atom. The molecule has 1 aliphatic rings. The molecule has 3 rings (SSSR count). The summed E-state index contributed by atoms with van der Waals surface area (Å²) in [7, 11) is 0. The van der Waals surface area contributed by atoms with Crippen LogP contribution >= 0.6 is 11.3 Å². The van der Waals surface area contributed by atoms with Gasteiger partial charge in [0.25, 0.3) is 5.91 Å². The molecule has 0 spiro atoms. The van der Waals surface area contributed by atoms with Gasteiger partial charge in [0.2, 0.25) is 0 Å². The highest BCUT2D eigenvalue weighted by Gasteiger charge is 2.27. The molecule has 0 bridgehead atoms. The molecule has 0 aliphatic carbocycles. The van der Waals surface area contributed by atoms with Crippen molar-refractivity contribution in [3.05, 3.63) is 51.2 Å². The number of Topliss-reactive ketones (excluding diaryl/α,β-unsaturated/α-hetero) is 1. The Morgan fingerprint density at radius 1 is 1.15 bits per heavy atom. The molecule has 0 fully saturated rings. The van der Waals surface area contributed by atoms with E-state index in [2.05, 4.69) is 5.32 Å². The summed E-state index contributed by atoms with van der Waals surface area (Å²) in [5, 5.41) is 11.3. The van der Waals surface area contributed by atoms with Gasteiger partial charge in [-0.25, -0.2) is 9.59 Å². The summed E-state index contributed by atoms with van der Waals surface area (Å²) in [4.78, 5) is 51.0. The van der Waals surface area contributed by atoms with E-state index in [4.69, 9.17) is 14.6 Å². The van der Waals surface area contributed by atoms with Gasteiger partial charge in [-0.15, -0.1) is 11.3 Å². The number of nitrogens with one attached hydrogen (secondary N) is 1. The number of carbonyl (C=O) groups excluding carboxylic acids is 3. The Morgan fingerprint density at radius 2 is 1.85 bits per heavy atom. The second kappa shape index (κ2) is 10.0. The molecular weight excluding hydrogens is 448 g/mol. The number of amides is 2. The van der Waals surface area contributed by atoms with Crippen LogP contribution in [0.3, 0.4) is 0 Å². The second-order valence-electron chi connectivity index (χ2n) is 8.52. The first kappa shape index (κ1) is 24.2. The van der Waals surface area contributed by atoms with Crippen LogP contribution in [0.25, 0.3) is 0 Å². The predicted molar refractivity (Wildman–Crippen MR) is 121 cm³/mol. The molecule has 10 heteroatoms. The molecule has 2 amide bonds. The number of rotatable bonds is 7. The molecule has 0 atom stereocenters. The Bertz CT molecular complexity index is 1050. The largest absolute Gasteiger partial charge is 0.482 e. The summed E-state index contributed by atoms with van der Waals surface area (Å²) < 4.78 is 10.5. The van der Waals surface area contributed by atoms with E-state index in [9.17, 15) is 19.2 Å². The fraction of sp³-hybridized carbons (Fsp3) is 0.391. The Labute approximate surface area is 195 Å². The first-order valence-electron chi connectivity index (χ1n) is 10.4. The summed E-state index contributed by atoms with van der Waals surface area (Å²) in [5.41, 5.74) is 0.706. The van der Waals surface area contributed by atoms with Crippen molar-refractivity contribution in [3.63, 3.8) is 0 Å². The zero-order valence-electron chi connectivity index (χ0n) is 18.7. The van der Waals surface area contributed by atoms with Crippen molar-refractivity contribution in [2.24, 2.45) is 0 Å². The number of carbonyl (C=O) groups is 4. The number of benzene rings is 1. The van der Waals surface area contributed by atoms with Gasteiger partial charge in [-0.3, -0.25) is 9.59 Å². The van der Waals surface area contributed by atoms with E-state index >= 15 is 0 Å². The number of aliphatic carboxylic acids is 1. The molecule has 0 saturated heterocycles. The van der Waals surface area contributed by atoms with Crippen LogP contribution in [0.4, 0.5) is 4.79 Å². The summed E-state index contributed by atoms with van der Waals surface area (Å²) >= 11 is 1.36. The molecule has 176 valence electrons. The normalized spacial score (nSPS) is 13.1. The number of fused-ring (bicyclic) bond motifs is 1. The molecule has 0 unspecified atom stereocenters. The molecule has 2 aromatic rings. The van der Waals surface area contributed by atoms with Crippen molar-refractivity contribution < 1.29 is 33.8 Å². The Balaban J connectivity index is 1.54. The molecular formula is C23H26N2O7S. The number of ether oxygens (including phenoxy) is 2. The summed E-state index contributed by atoms with van der Waals surface area (Å²) in [5.74, 6) is -1.40. The van der Waals surface area contributed by atoms with Crippen LogP contribution in [0, 0.1) is 0 Å². The number of hydrogen-bond acceptors (Lipinski definition) is 7. The van der Waals surface area contributed by atoms with Gasteiger partial charge in [-0.1, -0.05) is 0 Å². The lowest BCUT2D eigenvalue weighted by atomic mass is 10.1. The highest BCUT2D eigenvalue weighted by molar-refractivity contribution is 7.14. The number of thiophene rings is 1. The van der Waals surface area contributed by atoms with Gasteiger partial charge in [0.1, 0.15) is 11.4 Å². The lowest BCUT2D eigenvalue weighted by molar-refractivity contribution is -0.139. The molecule has 2 N–H and O–H groups in total. The smallest absolute Gasteiger partial charge is 0.410 e. The Hall–Kier alpha value is -3.40. The van der Waals surface area contributed by atoms with Crippen LogP contribution in [0.2, 0.25) is 0 Å². The quantitative estimate of drug-likeness (QED) is 0.591. The maximum absolute atomic E-state index is 12.6. The first-order valence-corrected chi connectivity index (χ1v) is 11.2. The van der Waals surface area contributed by atoms with Gasteiger partial charge in [0.15, 0.2) is 12.4 Å². The van der Waals surface area contributed by atoms with Gasteiger partial charge >= 0.3 is 12.1 Å².